The average Bonchev–Trinajstić information content (AvgIpc) is 2.56. The number of aromatic nitrogens is 2. The van der Waals surface area contributed by atoms with Gasteiger partial charge in [-0.15, -0.1) is 0 Å². The number of nitrogens with one attached hydrogen (secondary N) is 1. The molecule has 2 aromatic rings. The topological polar surface area (TPSA) is 56.3 Å². The van der Waals surface area contributed by atoms with E-state index in [-0.39, 0.29) is 27.1 Å². The Bertz CT molecular complexity index is 708. The van der Waals surface area contributed by atoms with Gasteiger partial charge in [-0.25, -0.2) is 14.4 Å². The standard InChI is InChI=1S/C15H14Cl2FN3O2/c1-19-15-20-6-8(7-21-15)4-9(18)12-13(16)10(22-2)5-11(23-3)14(12)17/h4-7H,1-3H3,(H,19,20,21)/b9-4-. The van der Waals surface area contributed by atoms with Crippen molar-refractivity contribution in [3.63, 3.8) is 0 Å². The van der Waals surface area contributed by atoms with Crippen LogP contribution in [-0.4, -0.2) is 31.2 Å². The zero-order chi connectivity index (χ0) is 17.0. The summed E-state index contributed by atoms with van der Waals surface area (Å²) >= 11 is 12.3. The number of hydrogen-bond donors (Lipinski definition) is 1. The Morgan fingerprint density at radius 3 is 2.09 bits per heavy atom. The second-order valence-electron chi connectivity index (χ2n) is 4.37. The first-order valence-corrected chi connectivity index (χ1v) is 7.24. The van der Waals surface area contributed by atoms with E-state index in [1.807, 2.05) is 0 Å². The summed E-state index contributed by atoms with van der Waals surface area (Å²) in [5.41, 5.74) is 0.442. The second kappa shape index (κ2) is 7.48. The molecule has 0 bridgehead atoms. The van der Waals surface area contributed by atoms with Gasteiger partial charge in [0, 0.05) is 31.1 Å². The SMILES string of the molecule is CNc1ncc(/C=C(\F)c2c(Cl)c(OC)cc(OC)c2Cl)cn1. The van der Waals surface area contributed by atoms with Crippen molar-refractivity contribution in [1.82, 2.24) is 9.97 Å². The molecule has 0 fully saturated rings. The lowest BCUT2D eigenvalue weighted by molar-refractivity contribution is 0.394. The highest BCUT2D eigenvalue weighted by Gasteiger charge is 2.20. The van der Waals surface area contributed by atoms with E-state index in [9.17, 15) is 4.39 Å². The van der Waals surface area contributed by atoms with E-state index in [0.29, 0.717) is 11.5 Å². The van der Waals surface area contributed by atoms with Crippen molar-refractivity contribution in [2.45, 2.75) is 0 Å². The van der Waals surface area contributed by atoms with Gasteiger partial charge in [0.2, 0.25) is 5.95 Å². The van der Waals surface area contributed by atoms with Crippen LogP contribution >= 0.6 is 23.2 Å². The molecule has 0 aliphatic rings. The van der Waals surface area contributed by atoms with Crippen molar-refractivity contribution in [3.05, 3.63) is 39.6 Å². The third-order valence-electron chi connectivity index (χ3n) is 3.00. The first-order valence-electron chi connectivity index (χ1n) is 6.49. The maximum Gasteiger partial charge on any atom is 0.222 e. The molecular formula is C15H14Cl2FN3O2. The van der Waals surface area contributed by atoms with E-state index >= 15 is 0 Å². The number of nitrogens with zero attached hydrogens (tertiary/aromatic N) is 2. The molecule has 2 rings (SSSR count). The fourth-order valence-corrected chi connectivity index (χ4v) is 2.54. The fraction of sp³-hybridized carbons (Fsp3) is 0.200. The summed E-state index contributed by atoms with van der Waals surface area (Å²) in [5.74, 6) is 0.293. The maximum absolute atomic E-state index is 14.7. The predicted octanol–water partition coefficient (Wildman–Crippen LogP) is 4.31. The second-order valence-corrected chi connectivity index (χ2v) is 5.12. The van der Waals surface area contributed by atoms with Gasteiger partial charge in [0.1, 0.15) is 17.3 Å². The first-order chi connectivity index (χ1) is 11.0. The summed E-state index contributed by atoms with van der Waals surface area (Å²) in [4.78, 5) is 8.01. The molecule has 122 valence electrons. The predicted molar refractivity (Wildman–Crippen MR) is 90.1 cm³/mol. The molecule has 0 atom stereocenters. The van der Waals surface area contributed by atoms with Crippen LogP contribution in [0, 0.1) is 0 Å². The lowest BCUT2D eigenvalue weighted by Gasteiger charge is -2.13. The Balaban J connectivity index is 2.52. The molecule has 23 heavy (non-hydrogen) atoms. The maximum atomic E-state index is 14.7. The molecule has 1 aromatic carbocycles. The van der Waals surface area contributed by atoms with Crippen LogP contribution in [0.3, 0.4) is 0 Å². The van der Waals surface area contributed by atoms with Gasteiger partial charge in [-0.1, -0.05) is 23.2 Å². The van der Waals surface area contributed by atoms with Gasteiger partial charge in [0.25, 0.3) is 0 Å². The normalized spacial score (nSPS) is 11.3. The van der Waals surface area contributed by atoms with Crippen LogP contribution in [0.15, 0.2) is 18.5 Å². The highest BCUT2D eigenvalue weighted by atomic mass is 35.5. The van der Waals surface area contributed by atoms with Crippen LogP contribution in [0.1, 0.15) is 11.1 Å². The van der Waals surface area contributed by atoms with Crippen molar-refractivity contribution >= 4 is 41.1 Å². The molecule has 0 saturated carbocycles. The number of rotatable bonds is 5. The van der Waals surface area contributed by atoms with Crippen molar-refractivity contribution in [2.75, 3.05) is 26.6 Å². The molecule has 0 aliphatic heterocycles. The van der Waals surface area contributed by atoms with E-state index in [0.717, 1.165) is 0 Å². The quantitative estimate of drug-likeness (QED) is 0.863. The molecule has 8 heteroatoms. The molecular weight excluding hydrogens is 344 g/mol. The smallest absolute Gasteiger partial charge is 0.222 e. The first kappa shape index (κ1) is 17.3. The lowest BCUT2D eigenvalue weighted by atomic mass is 10.1. The zero-order valence-corrected chi connectivity index (χ0v) is 14.2. The molecule has 0 aliphatic carbocycles. The summed E-state index contributed by atoms with van der Waals surface area (Å²) in [6.07, 6.45) is 4.17. The third-order valence-corrected chi connectivity index (χ3v) is 3.75. The van der Waals surface area contributed by atoms with Crippen LogP contribution in [0.4, 0.5) is 10.3 Å². The monoisotopic (exact) mass is 357 g/mol. The summed E-state index contributed by atoms with van der Waals surface area (Å²) in [5, 5.41) is 2.89. The molecule has 0 saturated heterocycles. The van der Waals surface area contributed by atoms with Gasteiger partial charge >= 0.3 is 0 Å². The van der Waals surface area contributed by atoms with Gasteiger partial charge in [-0.3, -0.25) is 0 Å². The number of ether oxygens (including phenoxy) is 2. The van der Waals surface area contributed by atoms with Gasteiger partial charge in [-0.05, 0) is 6.08 Å². The number of anilines is 1. The van der Waals surface area contributed by atoms with Gasteiger partial charge in [0.15, 0.2) is 0 Å². The highest BCUT2D eigenvalue weighted by Crippen LogP contribution is 2.44. The van der Waals surface area contributed by atoms with Crippen molar-refractivity contribution in [3.8, 4) is 11.5 Å². The summed E-state index contributed by atoms with van der Waals surface area (Å²) in [6.45, 7) is 0. The highest BCUT2D eigenvalue weighted by molar-refractivity contribution is 6.39. The fourth-order valence-electron chi connectivity index (χ4n) is 1.86. The Kier molecular flexibility index (Phi) is 5.63. The minimum absolute atomic E-state index is 0.0118. The molecule has 0 unspecified atom stereocenters. The summed E-state index contributed by atoms with van der Waals surface area (Å²) < 4.78 is 24.9. The van der Waals surface area contributed by atoms with E-state index < -0.39 is 5.83 Å². The van der Waals surface area contributed by atoms with Crippen LogP contribution in [0.5, 0.6) is 11.5 Å². The number of hydrogen-bond acceptors (Lipinski definition) is 5. The number of halogens is 3. The van der Waals surface area contributed by atoms with Crippen LogP contribution in [0.25, 0.3) is 11.9 Å². The van der Waals surface area contributed by atoms with Crippen molar-refractivity contribution in [2.24, 2.45) is 0 Å². The Hall–Kier alpha value is -2.05. The van der Waals surface area contributed by atoms with E-state index in [4.69, 9.17) is 32.7 Å². The van der Waals surface area contributed by atoms with Crippen molar-refractivity contribution < 1.29 is 13.9 Å². The lowest BCUT2D eigenvalue weighted by Crippen LogP contribution is -1.96. The molecule has 1 N–H and O–H groups in total. The number of benzene rings is 1. The minimum atomic E-state index is -0.655. The minimum Gasteiger partial charge on any atom is -0.495 e. The summed E-state index contributed by atoms with van der Waals surface area (Å²) in [7, 11) is 4.53. The van der Waals surface area contributed by atoms with E-state index in [1.165, 1.54) is 38.8 Å². The molecule has 0 spiro atoms. The average molecular weight is 358 g/mol. The van der Waals surface area contributed by atoms with Gasteiger partial charge in [0.05, 0.1) is 29.8 Å². The zero-order valence-electron chi connectivity index (χ0n) is 12.7. The Labute approximate surface area is 143 Å². The molecule has 1 heterocycles. The van der Waals surface area contributed by atoms with E-state index in [1.54, 1.807) is 7.05 Å². The number of methoxy groups -OCH3 is 2. The van der Waals surface area contributed by atoms with Gasteiger partial charge < -0.3 is 14.8 Å². The van der Waals surface area contributed by atoms with E-state index in [2.05, 4.69) is 15.3 Å². The molecule has 0 amide bonds. The largest absolute Gasteiger partial charge is 0.495 e. The molecule has 0 radical (unpaired) electrons. The van der Waals surface area contributed by atoms with Crippen molar-refractivity contribution in [1.29, 1.82) is 0 Å². The van der Waals surface area contributed by atoms with Crippen LogP contribution < -0.4 is 14.8 Å². The Morgan fingerprint density at radius 2 is 1.65 bits per heavy atom. The molecule has 1 aromatic heterocycles. The van der Waals surface area contributed by atoms with Gasteiger partial charge in [-0.2, -0.15) is 0 Å². The molecule has 5 nitrogen and oxygen atoms in total. The Morgan fingerprint density at radius 1 is 1.13 bits per heavy atom. The summed E-state index contributed by atoms with van der Waals surface area (Å²) in [6, 6.07) is 1.49. The van der Waals surface area contributed by atoms with Crippen LogP contribution in [-0.2, 0) is 0 Å². The third kappa shape index (κ3) is 3.65. The van der Waals surface area contributed by atoms with Crippen LogP contribution in [0.2, 0.25) is 10.0 Å².